The van der Waals surface area contributed by atoms with E-state index in [1.54, 1.807) is 59.3 Å². The third kappa shape index (κ3) is 4.88. The molecule has 0 atom stereocenters. The van der Waals surface area contributed by atoms with E-state index >= 15 is 0 Å². The maximum absolute atomic E-state index is 12.8. The highest BCUT2D eigenvalue weighted by Crippen LogP contribution is 2.32. The molecule has 33 heavy (non-hydrogen) atoms. The average Bonchev–Trinajstić information content (AvgIpc) is 3.34. The number of nitrogens with one attached hydrogen (secondary N) is 1. The zero-order chi connectivity index (χ0) is 23.5. The van der Waals surface area contributed by atoms with Gasteiger partial charge in [0.15, 0.2) is 0 Å². The first kappa shape index (κ1) is 22.1. The summed E-state index contributed by atoms with van der Waals surface area (Å²) >= 11 is 0.754. The predicted molar refractivity (Wildman–Crippen MR) is 125 cm³/mol. The number of imide groups is 1. The van der Waals surface area contributed by atoms with E-state index in [4.69, 9.17) is 0 Å². The number of aryl methyl sites for hydroxylation is 1. The fourth-order valence-electron chi connectivity index (χ4n) is 3.37. The topological polar surface area (TPSA) is 109 Å². The van der Waals surface area contributed by atoms with Gasteiger partial charge in [0.1, 0.15) is 6.54 Å². The molecule has 0 aliphatic carbocycles. The maximum atomic E-state index is 12.8. The second-order valence-corrected chi connectivity index (χ2v) is 8.34. The molecule has 1 saturated heterocycles. The van der Waals surface area contributed by atoms with Crippen molar-refractivity contribution in [3.8, 4) is 5.69 Å². The van der Waals surface area contributed by atoms with Crippen LogP contribution in [-0.2, 0) is 9.59 Å². The number of carbonyl (C=O) groups excluding carboxylic acids is 3. The highest BCUT2D eigenvalue weighted by Gasteiger charge is 2.36. The average molecular weight is 461 g/mol. The highest BCUT2D eigenvalue weighted by molar-refractivity contribution is 8.18. The van der Waals surface area contributed by atoms with Crippen LogP contribution in [0.5, 0.6) is 0 Å². The lowest BCUT2D eigenvalue weighted by atomic mass is 10.2. The summed E-state index contributed by atoms with van der Waals surface area (Å²) in [5, 5.41) is 11.4. The van der Waals surface area contributed by atoms with Gasteiger partial charge in [-0.25, -0.2) is 4.79 Å². The van der Waals surface area contributed by atoms with Gasteiger partial charge < -0.3 is 15.0 Å². The van der Waals surface area contributed by atoms with Crippen molar-refractivity contribution in [2.45, 2.75) is 6.92 Å². The second-order valence-electron chi connectivity index (χ2n) is 7.34. The van der Waals surface area contributed by atoms with Gasteiger partial charge in [0.25, 0.3) is 11.1 Å². The minimum absolute atomic E-state index is 0.132. The van der Waals surface area contributed by atoms with Crippen LogP contribution in [-0.4, -0.2) is 44.1 Å². The molecule has 166 valence electrons. The number of amides is 3. The first-order chi connectivity index (χ1) is 15.8. The number of benzene rings is 2. The van der Waals surface area contributed by atoms with Crippen molar-refractivity contribution in [2.24, 2.45) is 0 Å². The number of aromatic nitrogens is 1. The summed E-state index contributed by atoms with van der Waals surface area (Å²) in [6.45, 7) is 1.50. The summed E-state index contributed by atoms with van der Waals surface area (Å²) in [4.78, 5) is 50.0. The molecule has 2 heterocycles. The number of thioether (sulfide) groups is 1. The van der Waals surface area contributed by atoms with Crippen molar-refractivity contribution in [3.63, 3.8) is 0 Å². The van der Waals surface area contributed by atoms with Gasteiger partial charge in [-0.2, -0.15) is 0 Å². The Hall–Kier alpha value is -4.11. The van der Waals surface area contributed by atoms with E-state index in [1.807, 2.05) is 13.0 Å². The standard InChI is InChI=1S/C24H19N3O5S/c1-15-5-2-7-17(11-15)25-21(28)14-27-22(29)20(33-24(27)32)13-19-9-4-10-26(19)18-8-3-6-16(12-18)23(30)31/h2-13H,14H2,1H3,(H,25,28)(H,30,31)/b20-13+. The van der Waals surface area contributed by atoms with Crippen molar-refractivity contribution >= 4 is 46.5 Å². The van der Waals surface area contributed by atoms with E-state index in [0.29, 0.717) is 17.1 Å². The van der Waals surface area contributed by atoms with E-state index in [9.17, 15) is 24.3 Å². The van der Waals surface area contributed by atoms with Crippen LogP contribution in [0.3, 0.4) is 0 Å². The number of aromatic carboxylic acids is 1. The van der Waals surface area contributed by atoms with E-state index in [-0.39, 0.29) is 10.5 Å². The Morgan fingerprint density at radius 2 is 1.85 bits per heavy atom. The zero-order valence-corrected chi connectivity index (χ0v) is 18.3. The van der Waals surface area contributed by atoms with Crippen LogP contribution < -0.4 is 5.32 Å². The Morgan fingerprint density at radius 3 is 2.61 bits per heavy atom. The largest absolute Gasteiger partial charge is 0.478 e. The summed E-state index contributed by atoms with van der Waals surface area (Å²) in [6.07, 6.45) is 3.28. The molecule has 0 radical (unpaired) electrons. The SMILES string of the molecule is Cc1cccc(NC(=O)CN2C(=O)S/C(=C/c3cccn3-c3cccc(C(=O)O)c3)C2=O)c1. The van der Waals surface area contributed by atoms with E-state index in [0.717, 1.165) is 22.2 Å². The van der Waals surface area contributed by atoms with Crippen LogP contribution in [0.15, 0.2) is 71.8 Å². The van der Waals surface area contributed by atoms with Gasteiger partial charge in [-0.1, -0.05) is 18.2 Å². The second kappa shape index (κ2) is 9.17. The summed E-state index contributed by atoms with van der Waals surface area (Å²) in [5.41, 5.74) is 2.88. The van der Waals surface area contributed by atoms with Crippen LogP contribution in [0.1, 0.15) is 21.6 Å². The number of rotatable bonds is 6. The Balaban J connectivity index is 1.52. The molecule has 0 unspecified atom stereocenters. The molecule has 9 heteroatoms. The Kier molecular flexibility index (Phi) is 6.14. The lowest BCUT2D eigenvalue weighted by Gasteiger charge is -2.12. The molecular formula is C24H19N3O5S. The van der Waals surface area contributed by atoms with Gasteiger partial charge in [0.05, 0.1) is 10.5 Å². The fourth-order valence-corrected chi connectivity index (χ4v) is 4.20. The fraction of sp³-hybridized carbons (Fsp3) is 0.0833. The summed E-state index contributed by atoms with van der Waals surface area (Å²) in [6, 6.07) is 17.1. The monoisotopic (exact) mass is 461 g/mol. The molecule has 4 rings (SSSR count). The van der Waals surface area contributed by atoms with Crippen molar-refractivity contribution in [2.75, 3.05) is 11.9 Å². The van der Waals surface area contributed by atoms with Gasteiger partial charge >= 0.3 is 5.97 Å². The normalized spacial score (nSPS) is 14.7. The van der Waals surface area contributed by atoms with Gasteiger partial charge in [-0.15, -0.1) is 0 Å². The summed E-state index contributed by atoms with van der Waals surface area (Å²) in [7, 11) is 0. The molecule has 2 N–H and O–H groups in total. The number of nitrogens with zero attached hydrogens (tertiary/aromatic N) is 2. The quantitative estimate of drug-likeness (QED) is 0.534. The van der Waals surface area contributed by atoms with Crippen LogP contribution in [0.25, 0.3) is 11.8 Å². The molecule has 0 saturated carbocycles. The number of carboxylic acid groups (broad SMARTS) is 1. The van der Waals surface area contributed by atoms with Crippen LogP contribution in [0.4, 0.5) is 10.5 Å². The zero-order valence-electron chi connectivity index (χ0n) is 17.5. The lowest BCUT2D eigenvalue weighted by Crippen LogP contribution is -2.36. The lowest BCUT2D eigenvalue weighted by molar-refractivity contribution is -0.127. The van der Waals surface area contributed by atoms with Gasteiger partial charge in [-0.05, 0) is 72.8 Å². The summed E-state index contributed by atoms with van der Waals surface area (Å²) in [5.74, 6) is -2.08. The molecule has 2 aromatic carbocycles. The molecular weight excluding hydrogens is 442 g/mol. The van der Waals surface area contributed by atoms with Crippen molar-refractivity contribution in [1.82, 2.24) is 9.47 Å². The molecule has 1 aliphatic heterocycles. The highest BCUT2D eigenvalue weighted by atomic mass is 32.2. The minimum Gasteiger partial charge on any atom is -0.478 e. The third-order valence-corrected chi connectivity index (χ3v) is 5.82. The van der Waals surface area contributed by atoms with Gasteiger partial charge in [0.2, 0.25) is 5.91 Å². The first-order valence-corrected chi connectivity index (χ1v) is 10.8. The van der Waals surface area contributed by atoms with Gasteiger partial charge in [-0.3, -0.25) is 19.3 Å². The molecule has 8 nitrogen and oxygen atoms in total. The number of carbonyl (C=O) groups is 4. The molecule has 3 aromatic rings. The van der Waals surface area contributed by atoms with Crippen LogP contribution in [0.2, 0.25) is 0 Å². The van der Waals surface area contributed by atoms with Crippen molar-refractivity contribution in [1.29, 1.82) is 0 Å². The maximum Gasteiger partial charge on any atom is 0.335 e. The van der Waals surface area contributed by atoms with Crippen molar-refractivity contribution in [3.05, 3.63) is 88.6 Å². The Bertz CT molecular complexity index is 1310. The first-order valence-electron chi connectivity index (χ1n) is 9.95. The van der Waals surface area contributed by atoms with Crippen LogP contribution >= 0.6 is 11.8 Å². The van der Waals surface area contributed by atoms with Crippen LogP contribution in [0, 0.1) is 6.92 Å². The smallest absolute Gasteiger partial charge is 0.335 e. The van der Waals surface area contributed by atoms with Gasteiger partial charge in [0, 0.05) is 23.3 Å². The van der Waals surface area contributed by atoms with E-state index in [2.05, 4.69) is 5.32 Å². The molecule has 0 bridgehead atoms. The molecule has 1 aliphatic rings. The molecule has 0 spiro atoms. The number of hydrogen-bond donors (Lipinski definition) is 2. The van der Waals surface area contributed by atoms with Crippen molar-refractivity contribution < 1.29 is 24.3 Å². The Labute approximate surface area is 193 Å². The third-order valence-electron chi connectivity index (χ3n) is 4.91. The molecule has 3 amide bonds. The number of hydrogen-bond acceptors (Lipinski definition) is 5. The van der Waals surface area contributed by atoms with E-state index in [1.165, 1.54) is 12.1 Å². The number of carboxylic acids is 1. The number of anilines is 1. The molecule has 1 fully saturated rings. The van der Waals surface area contributed by atoms with E-state index < -0.39 is 29.6 Å². The summed E-state index contributed by atoms with van der Waals surface area (Å²) < 4.78 is 1.71. The molecule has 1 aromatic heterocycles. The Morgan fingerprint density at radius 1 is 1.06 bits per heavy atom. The minimum atomic E-state index is -1.05. The predicted octanol–water partition coefficient (Wildman–Crippen LogP) is 4.16.